The molecule has 11 heavy (non-hydrogen) atoms. The van der Waals surface area contributed by atoms with Gasteiger partial charge < -0.3 is 5.73 Å². The van der Waals surface area contributed by atoms with E-state index < -0.39 is 0 Å². The Morgan fingerprint density at radius 3 is 2.82 bits per heavy atom. The Morgan fingerprint density at radius 2 is 2.27 bits per heavy atom. The molecule has 3 unspecified atom stereocenters. The van der Waals surface area contributed by atoms with Crippen molar-refractivity contribution in [2.24, 2.45) is 17.6 Å². The number of fused-ring (bicyclic) bond motifs is 2. The predicted molar refractivity (Wildman–Crippen MR) is 47.2 cm³/mol. The van der Waals surface area contributed by atoms with Crippen LogP contribution >= 0.6 is 0 Å². The van der Waals surface area contributed by atoms with Crippen molar-refractivity contribution in [3.63, 3.8) is 0 Å². The lowest BCUT2D eigenvalue weighted by Crippen LogP contribution is -2.24. The molecule has 2 rings (SSSR count). The molecule has 0 heterocycles. The van der Waals surface area contributed by atoms with Crippen molar-refractivity contribution in [1.29, 1.82) is 0 Å². The highest BCUT2D eigenvalue weighted by molar-refractivity contribution is 5.20. The van der Waals surface area contributed by atoms with Crippen molar-refractivity contribution in [3.05, 3.63) is 11.6 Å². The van der Waals surface area contributed by atoms with Crippen LogP contribution in [-0.2, 0) is 0 Å². The molecule has 2 fully saturated rings. The van der Waals surface area contributed by atoms with E-state index >= 15 is 0 Å². The van der Waals surface area contributed by atoms with Crippen LogP contribution in [0.3, 0.4) is 0 Å². The number of nitrogens with two attached hydrogens (primary N) is 1. The van der Waals surface area contributed by atoms with Crippen molar-refractivity contribution < 1.29 is 0 Å². The second-order valence-corrected chi connectivity index (χ2v) is 3.92. The first-order valence-corrected chi connectivity index (χ1v) is 4.74. The second kappa shape index (κ2) is 2.63. The summed E-state index contributed by atoms with van der Waals surface area (Å²) in [6.07, 6.45) is 7.70. The topological polar surface area (TPSA) is 26.0 Å². The van der Waals surface area contributed by atoms with Crippen LogP contribution in [-0.4, -0.2) is 6.04 Å². The van der Waals surface area contributed by atoms with E-state index in [2.05, 4.69) is 13.0 Å². The average Bonchev–Trinajstić information content (AvgIpc) is 2.17. The average molecular weight is 151 g/mol. The van der Waals surface area contributed by atoms with Gasteiger partial charge in [0, 0.05) is 6.04 Å². The lowest BCUT2D eigenvalue weighted by molar-refractivity contribution is 0.451. The van der Waals surface area contributed by atoms with Crippen LogP contribution in [0.4, 0.5) is 0 Å². The summed E-state index contributed by atoms with van der Waals surface area (Å²) in [6, 6.07) is 0.480. The summed E-state index contributed by atoms with van der Waals surface area (Å²) in [4.78, 5) is 0. The fourth-order valence-electron chi connectivity index (χ4n) is 2.88. The Balaban J connectivity index is 2.25. The number of rotatable bonds is 0. The van der Waals surface area contributed by atoms with Crippen LogP contribution in [0, 0.1) is 11.8 Å². The van der Waals surface area contributed by atoms with Gasteiger partial charge in [0.25, 0.3) is 0 Å². The molecule has 1 nitrogen and oxygen atoms in total. The molecule has 2 saturated carbocycles. The quantitative estimate of drug-likeness (QED) is 0.527. The molecule has 2 N–H and O–H groups in total. The molecule has 0 aromatic carbocycles. The third kappa shape index (κ3) is 1.02. The Morgan fingerprint density at radius 1 is 1.45 bits per heavy atom. The molecule has 0 aromatic heterocycles. The Hall–Kier alpha value is -0.300. The first-order valence-electron chi connectivity index (χ1n) is 4.74. The maximum absolute atomic E-state index is 6.05. The fraction of sp³-hybridized carbons (Fsp3) is 0.800. The first kappa shape index (κ1) is 7.35. The van der Waals surface area contributed by atoms with Crippen LogP contribution in [0.2, 0.25) is 0 Å². The third-order valence-corrected chi connectivity index (χ3v) is 3.37. The van der Waals surface area contributed by atoms with Crippen molar-refractivity contribution in [2.75, 3.05) is 0 Å². The number of hydrogen-bond donors (Lipinski definition) is 1. The van der Waals surface area contributed by atoms with E-state index in [0.717, 1.165) is 11.8 Å². The molecule has 0 saturated heterocycles. The maximum Gasteiger partial charge on any atom is 0.0110 e. The van der Waals surface area contributed by atoms with Gasteiger partial charge in [0.05, 0.1) is 0 Å². The third-order valence-electron chi connectivity index (χ3n) is 3.37. The van der Waals surface area contributed by atoms with Gasteiger partial charge in [-0.1, -0.05) is 18.1 Å². The van der Waals surface area contributed by atoms with E-state index in [1.54, 1.807) is 5.57 Å². The van der Waals surface area contributed by atoms with E-state index in [4.69, 9.17) is 5.73 Å². The zero-order valence-corrected chi connectivity index (χ0v) is 7.22. The first-order chi connectivity index (χ1) is 5.33. The lowest BCUT2D eigenvalue weighted by Gasteiger charge is -2.23. The minimum Gasteiger partial charge on any atom is -0.327 e. The lowest BCUT2D eigenvalue weighted by atomic mass is 9.83. The summed E-state index contributed by atoms with van der Waals surface area (Å²) >= 11 is 0. The summed E-state index contributed by atoms with van der Waals surface area (Å²) in [5.74, 6) is 1.60. The van der Waals surface area contributed by atoms with E-state index in [1.165, 1.54) is 25.7 Å². The summed E-state index contributed by atoms with van der Waals surface area (Å²) < 4.78 is 0. The van der Waals surface area contributed by atoms with Crippen molar-refractivity contribution >= 4 is 0 Å². The second-order valence-electron chi connectivity index (χ2n) is 3.92. The summed E-state index contributed by atoms with van der Waals surface area (Å²) in [5, 5.41) is 0. The summed E-state index contributed by atoms with van der Waals surface area (Å²) in [6.45, 7) is 2.17. The molecule has 0 aromatic rings. The molecule has 2 aliphatic rings. The van der Waals surface area contributed by atoms with Crippen LogP contribution in [0.5, 0.6) is 0 Å². The minimum absolute atomic E-state index is 0.480. The Labute approximate surface area is 68.7 Å². The SMILES string of the molecule is C/C=C1/C2CCCC1C(N)C2. The normalized spacial score (nSPS) is 46.7. The van der Waals surface area contributed by atoms with E-state index in [-0.39, 0.29) is 0 Å². The smallest absolute Gasteiger partial charge is 0.0110 e. The van der Waals surface area contributed by atoms with Crippen LogP contribution < -0.4 is 5.73 Å². The van der Waals surface area contributed by atoms with Gasteiger partial charge in [0.2, 0.25) is 0 Å². The van der Waals surface area contributed by atoms with Gasteiger partial charge in [-0.3, -0.25) is 0 Å². The largest absolute Gasteiger partial charge is 0.327 e. The molecule has 0 amide bonds. The van der Waals surface area contributed by atoms with Crippen molar-refractivity contribution in [3.8, 4) is 0 Å². The maximum atomic E-state index is 6.05. The Kier molecular flexibility index (Phi) is 1.76. The highest BCUT2D eigenvalue weighted by Crippen LogP contribution is 2.45. The van der Waals surface area contributed by atoms with Gasteiger partial charge in [-0.15, -0.1) is 0 Å². The molecule has 0 aliphatic heterocycles. The molecule has 2 aliphatic carbocycles. The highest BCUT2D eigenvalue weighted by atomic mass is 14.7. The van der Waals surface area contributed by atoms with E-state index in [9.17, 15) is 0 Å². The van der Waals surface area contributed by atoms with Gasteiger partial charge >= 0.3 is 0 Å². The number of hydrogen-bond acceptors (Lipinski definition) is 1. The molecular formula is C10H17N. The van der Waals surface area contributed by atoms with Crippen molar-refractivity contribution in [1.82, 2.24) is 0 Å². The van der Waals surface area contributed by atoms with Gasteiger partial charge in [-0.25, -0.2) is 0 Å². The minimum atomic E-state index is 0.480. The molecule has 62 valence electrons. The van der Waals surface area contributed by atoms with E-state index in [1.807, 2.05) is 0 Å². The van der Waals surface area contributed by atoms with Gasteiger partial charge in [-0.2, -0.15) is 0 Å². The molecule has 0 radical (unpaired) electrons. The van der Waals surface area contributed by atoms with Crippen LogP contribution in [0.15, 0.2) is 11.6 Å². The van der Waals surface area contributed by atoms with Crippen molar-refractivity contribution in [2.45, 2.75) is 38.6 Å². The number of allylic oxidation sites excluding steroid dienone is 1. The van der Waals surface area contributed by atoms with Gasteiger partial charge in [-0.05, 0) is 38.0 Å². The zero-order chi connectivity index (χ0) is 7.84. The molecule has 3 atom stereocenters. The molecular weight excluding hydrogens is 134 g/mol. The molecule has 2 bridgehead atoms. The Bertz CT molecular complexity index is 183. The zero-order valence-electron chi connectivity index (χ0n) is 7.22. The summed E-state index contributed by atoms with van der Waals surface area (Å²) in [7, 11) is 0. The van der Waals surface area contributed by atoms with Gasteiger partial charge in [0.15, 0.2) is 0 Å². The fourth-order valence-corrected chi connectivity index (χ4v) is 2.88. The molecule has 0 spiro atoms. The van der Waals surface area contributed by atoms with Crippen LogP contribution in [0.25, 0.3) is 0 Å². The van der Waals surface area contributed by atoms with Crippen LogP contribution in [0.1, 0.15) is 32.6 Å². The van der Waals surface area contributed by atoms with E-state index in [0.29, 0.717) is 6.04 Å². The van der Waals surface area contributed by atoms with Gasteiger partial charge in [0.1, 0.15) is 0 Å². The monoisotopic (exact) mass is 151 g/mol. The summed E-state index contributed by atoms with van der Waals surface area (Å²) in [5.41, 5.74) is 7.72. The highest BCUT2D eigenvalue weighted by Gasteiger charge is 2.38. The molecule has 1 heteroatoms. The predicted octanol–water partition coefficient (Wildman–Crippen LogP) is 2.08. The standard InChI is InChI=1S/C10H17N/c1-2-8-7-4-3-5-9(8)10(11)6-7/h2,7,9-10H,3-6,11H2,1H3/b8-2-.